The van der Waals surface area contributed by atoms with E-state index in [2.05, 4.69) is 19.2 Å². The van der Waals surface area contributed by atoms with Crippen molar-refractivity contribution in [1.82, 2.24) is 0 Å². The maximum absolute atomic E-state index is 6.03. The number of nitrogen functional groups attached to an aromatic ring is 1. The molecule has 1 aromatic carbocycles. The number of hydrogen-bond donors (Lipinski definition) is 2. The average Bonchev–Trinajstić information content (AvgIpc) is 2.37. The molecule has 0 aromatic heterocycles. The Morgan fingerprint density at radius 3 is 2.72 bits per heavy atom. The van der Waals surface area contributed by atoms with Crippen LogP contribution in [0.3, 0.4) is 0 Å². The molecule has 0 saturated heterocycles. The number of nitrogens with one attached hydrogen (secondary N) is 1. The van der Waals surface area contributed by atoms with Gasteiger partial charge in [0.05, 0.1) is 18.5 Å². The molecule has 3 heteroatoms. The molecule has 1 rings (SSSR count). The van der Waals surface area contributed by atoms with Gasteiger partial charge in [0, 0.05) is 6.04 Å². The van der Waals surface area contributed by atoms with E-state index in [1.807, 2.05) is 18.2 Å². The number of methoxy groups -OCH3 is 1. The first-order chi connectivity index (χ1) is 8.69. The number of benzene rings is 1. The fraction of sp³-hybridized carbons (Fsp3) is 0.600. The first-order valence-electron chi connectivity index (χ1n) is 6.88. The summed E-state index contributed by atoms with van der Waals surface area (Å²) in [5, 5.41) is 3.46. The summed E-state index contributed by atoms with van der Waals surface area (Å²) in [5.74, 6) is 0.734. The molecule has 0 aliphatic carbocycles. The predicted molar refractivity (Wildman–Crippen MR) is 79.3 cm³/mol. The summed E-state index contributed by atoms with van der Waals surface area (Å²) in [4.78, 5) is 0. The second-order valence-corrected chi connectivity index (χ2v) is 4.82. The van der Waals surface area contributed by atoms with Gasteiger partial charge in [-0.05, 0) is 25.5 Å². The molecule has 3 nitrogen and oxygen atoms in total. The minimum Gasteiger partial charge on any atom is -0.495 e. The molecule has 0 fully saturated rings. The fourth-order valence-corrected chi connectivity index (χ4v) is 2.06. The molecule has 0 aliphatic heterocycles. The second-order valence-electron chi connectivity index (χ2n) is 4.82. The Kier molecular flexibility index (Phi) is 6.40. The van der Waals surface area contributed by atoms with Crippen molar-refractivity contribution in [1.29, 1.82) is 0 Å². The molecule has 0 spiro atoms. The van der Waals surface area contributed by atoms with Crippen LogP contribution in [-0.2, 0) is 0 Å². The van der Waals surface area contributed by atoms with Gasteiger partial charge in [0.25, 0.3) is 0 Å². The van der Waals surface area contributed by atoms with Crippen LogP contribution in [0.5, 0.6) is 5.75 Å². The molecule has 0 bridgehead atoms. The SMILES string of the molecule is CCCCCCC(C)Nc1cccc(OC)c1N. The zero-order valence-electron chi connectivity index (χ0n) is 11.8. The summed E-state index contributed by atoms with van der Waals surface area (Å²) in [6.07, 6.45) is 6.37. The van der Waals surface area contributed by atoms with Gasteiger partial charge in [-0.2, -0.15) is 0 Å². The van der Waals surface area contributed by atoms with E-state index < -0.39 is 0 Å². The Morgan fingerprint density at radius 1 is 1.28 bits per heavy atom. The maximum atomic E-state index is 6.03. The molecule has 1 aromatic rings. The Hall–Kier alpha value is -1.38. The molecule has 1 atom stereocenters. The summed E-state index contributed by atoms with van der Waals surface area (Å²) >= 11 is 0. The van der Waals surface area contributed by atoms with Crippen LogP contribution in [-0.4, -0.2) is 13.2 Å². The Bertz CT molecular complexity index is 352. The van der Waals surface area contributed by atoms with Gasteiger partial charge in [-0.3, -0.25) is 0 Å². The quantitative estimate of drug-likeness (QED) is 0.540. The Balaban J connectivity index is 2.46. The van der Waals surface area contributed by atoms with Gasteiger partial charge in [-0.1, -0.05) is 38.7 Å². The second kappa shape index (κ2) is 7.85. The number of unbranched alkanes of at least 4 members (excludes halogenated alkanes) is 3. The number of ether oxygens (including phenoxy) is 1. The molecular weight excluding hydrogens is 224 g/mol. The highest BCUT2D eigenvalue weighted by atomic mass is 16.5. The number of nitrogens with two attached hydrogens (primary N) is 1. The summed E-state index contributed by atoms with van der Waals surface area (Å²) in [6, 6.07) is 6.28. The van der Waals surface area contributed by atoms with Crippen molar-refractivity contribution in [2.75, 3.05) is 18.2 Å². The zero-order chi connectivity index (χ0) is 13.4. The van der Waals surface area contributed by atoms with Crippen molar-refractivity contribution < 1.29 is 4.74 Å². The average molecular weight is 250 g/mol. The van der Waals surface area contributed by atoms with Crippen molar-refractivity contribution in [2.45, 2.75) is 52.0 Å². The van der Waals surface area contributed by atoms with Gasteiger partial charge in [0.1, 0.15) is 5.75 Å². The third-order valence-electron chi connectivity index (χ3n) is 3.18. The monoisotopic (exact) mass is 250 g/mol. The van der Waals surface area contributed by atoms with E-state index in [1.54, 1.807) is 7.11 Å². The van der Waals surface area contributed by atoms with Crippen LogP contribution < -0.4 is 15.8 Å². The van der Waals surface area contributed by atoms with Crippen LogP contribution in [0.4, 0.5) is 11.4 Å². The summed E-state index contributed by atoms with van der Waals surface area (Å²) < 4.78 is 5.22. The van der Waals surface area contributed by atoms with Crippen LogP contribution in [0.15, 0.2) is 18.2 Å². The van der Waals surface area contributed by atoms with Gasteiger partial charge in [0.2, 0.25) is 0 Å². The molecule has 1 unspecified atom stereocenters. The normalized spacial score (nSPS) is 12.2. The summed E-state index contributed by atoms with van der Waals surface area (Å²) in [7, 11) is 1.64. The highest BCUT2D eigenvalue weighted by Gasteiger charge is 2.07. The van der Waals surface area contributed by atoms with Gasteiger partial charge >= 0.3 is 0 Å². The standard InChI is InChI=1S/C15H26N2O/c1-4-5-6-7-9-12(2)17-13-10-8-11-14(18-3)15(13)16/h8,10-12,17H,4-7,9,16H2,1-3H3. The van der Waals surface area contributed by atoms with Crippen LogP contribution in [0.1, 0.15) is 46.0 Å². The first kappa shape index (κ1) is 14.7. The molecule has 0 heterocycles. The maximum Gasteiger partial charge on any atom is 0.143 e. The summed E-state index contributed by atoms with van der Waals surface area (Å²) in [5.41, 5.74) is 7.70. The van der Waals surface area contributed by atoms with Crippen LogP contribution in [0, 0.1) is 0 Å². The number of hydrogen-bond acceptors (Lipinski definition) is 3. The number of rotatable bonds is 8. The number of para-hydroxylation sites is 1. The lowest BCUT2D eigenvalue weighted by Crippen LogP contribution is -2.16. The van der Waals surface area contributed by atoms with E-state index in [0.717, 1.165) is 11.4 Å². The van der Waals surface area contributed by atoms with Crippen molar-refractivity contribution in [3.63, 3.8) is 0 Å². The van der Waals surface area contributed by atoms with Gasteiger partial charge in [-0.15, -0.1) is 0 Å². The topological polar surface area (TPSA) is 47.3 Å². The van der Waals surface area contributed by atoms with E-state index in [4.69, 9.17) is 10.5 Å². The van der Waals surface area contributed by atoms with Crippen LogP contribution in [0.2, 0.25) is 0 Å². The minimum absolute atomic E-state index is 0.441. The molecule has 3 N–H and O–H groups in total. The van der Waals surface area contributed by atoms with Crippen molar-refractivity contribution in [2.24, 2.45) is 0 Å². The van der Waals surface area contributed by atoms with E-state index in [9.17, 15) is 0 Å². The van der Waals surface area contributed by atoms with Crippen LogP contribution >= 0.6 is 0 Å². The molecule has 0 radical (unpaired) electrons. The third-order valence-corrected chi connectivity index (χ3v) is 3.18. The molecule has 0 amide bonds. The Labute approximate surface area is 111 Å². The van der Waals surface area contributed by atoms with Crippen molar-refractivity contribution in [3.05, 3.63) is 18.2 Å². The van der Waals surface area contributed by atoms with Crippen molar-refractivity contribution >= 4 is 11.4 Å². The zero-order valence-corrected chi connectivity index (χ0v) is 11.8. The fourth-order valence-electron chi connectivity index (χ4n) is 2.06. The third kappa shape index (κ3) is 4.47. The van der Waals surface area contributed by atoms with E-state index in [0.29, 0.717) is 11.7 Å². The van der Waals surface area contributed by atoms with Gasteiger partial charge < -0.3 is 15.8 Å². The van der Waals surface area contributed by atoms with Gasteiger partial charge in [-0.25, -0.2) is 0 Å². The summed E-state index contributed by atoms with van der Waals surface area (Å²) in [6.45, 7) is 4.43. The van der Waals surface area contributed by atoms with Crippen LogP contribution in [0.25, 0.3) is 0 Å². The molecular formula is C15H26N2O. The minimum atomic E-state index is 0.441. The molecule has 0 saturated carbocycles. The van der Waals surface area contributed by atoms with E-state index in [1.165, 1.54) is 32.1 Å². The van der Waals surface area contributed by atoms with Gasteiger partial charge in [0.15, 0.2) is 0 Å². The molecule has 102 valence electrons. The van der Waals surface area contributed by atoms with Crippen molar-refractivity contribution in [3.8, 4) is 5.75 Å². The van der Waals surface area contributed by atoms with E-state index >= 15 is 0 Å². The van der Waals surface area contributed by atoms with E-state index in [-0.39, 0.29) is 0 Å². The molecule has 0 aliphatic rings. The first-order valence-corrected chi connectivity index (χ1v) is 6.88. The highest BCUT2D eigenvalue weighted by molar-refractivity contribution is 5.73. The number of anilines is 2. The highest BCUT2D eigenvalue weighted by Crippen LogP contribution is 2.29. The Morgan fingerprint density at radius 2 is 2.06 bits per heavy atom. The lowest BCUT2D eigenvalue weighted by atomic mass is 10.1. The smallest absolute Gasteiger partial charge is 0.143 e. The molecule has 18 heavy (non-hydrogen) atoms. The largest absolute Gasteiger partial charge is 0.495 e. The lowest BCUT2D eigenvalue weighted by Gasteiger charge is -2.18. The lowest BCUT2D eigenvalue weighted by molar-refractivity contribution is 0.417. The predicted octanol–water partition coefficient (Wildman–Crippen LogP) is 4.05.